The number of para-hydroxylation sites is 3. The predicted octanol–water partition coefficient (Wildman–Crippen LogP) is 6.60. The lowest BCUT2D eigenvalue weighted by atomic mass is 9.84. The number of aromatic amines is 2. The van der Waals surface area contributed by atoms with Gasteiger partial charge in [-0.3, -0.25) is 19.4 Å². The molecule has 0 fully saturated rings. The molecule has 7 nitrogen and oxygen atoms in total. The summed E-state index contributed by atoms with van der Waals surface area (Å²) in [5, 5.41) is 4.34. The molecule has 3 heterocycles. The summed E-state index contributed by atoms with van der Waals surface area (Å²) >= 11 is 0. The molecular formula is C36H31N5O2. The van der Waals surface area contributed by atoms with Crippen molar-refractivity contribution in [3.8, 4) is 22.6 Å². The maximum atomic E-state index is 14.5. The highest BCUT2D eigenvalue weighted by molar-refractivity contribution is 5.92. The molecular weight excluding hydrogens is 534 g/mol. The van der Waals surface area contributed by atoms with E-state index in [1.54, 1.807) is 9.36 Å². The minimum Gasteiger partial charge on any atom is -0.354 e. The number of aryl methyl sites for hydroxylation is 1. The van der Waals surface area contributed by atoms with E-state index in [1.807, 2.05) is 117 Å². The number of aromatic nitrogens is 5. The number of rotatable bonds is 6. The molecule has 3 aromatic heterocycles. The molecule has 0 aliphatic rings. The Kier molecular flexibility index (Phi) is 6.35. The van der Waals surface area contributed by atoms with Crippen molar-refractivity contribution in [3.05, 3.63) is 164 Å². The summed E-state index contributed by atoms with van der Waals surface area (Å²) in [5.41, 5.74) is 7.74. The molecule has 0 aliphatic carbocycles. The Labute approximate surface area is 248 Å². The lowest BCUT2D eigenvalue weighted by Gasteiger charge is -2.21. The topological polar surface area (TPSA) is 80.5 Å². The van der Waals surface area contributed by atoms with Crippen LogP contribution >= 0.6 is 0 Å². The van der Waals surface area contributed by atoms with Crippen molar-refractivity contribution in [1.82, 2.24) is 24.1 Å². The standard InChI is InChI=1S/C36H31N5O2/c1-23-34(39(3)41(35(23)42)27-19-11-6-12-20-27)32(30-24(2)38-40(36(30)43)26-17-9-5-10-18-26)31-28-21-13-14-22-29(28)37-33(31)25-15-7-4-8-16-25/h4-22,32,37-38H,1-3H3. The van der Waals surface area contributed by atoms with E-state index in [9.17, 15) is 9.59 Å². The second kappa shape index (κ2) is 10.4. The zero-order valence-electron chi connectivity index (χ0n) is 24.2. The van der Waals surface area contributed by atoms with E-state index in [0.717, 1.165) is 50.5 Å². The highest BCUT2D eigenvalue weighted by atomic mass is 16.1. The van der Waals surface area contributed by atoms with Gasteiger partial charge in [0.05, 0.1) is 34.2 Å². The van der Waals surface area contributed by atoms with Crippen LogP contribution in [0.5, 0.6) is 0 Å². The number of H-pyrrole nitrogens is 2. The van der Waals surface area contributed by atoms with Crippen molar-refractivity contribution in [3.63, 3.8) is 0 Å². The molecule has 7 rings (SSSR count). The average Bonchev–Trinajstić information content (AvgIpc) is 3.64. The monoisotopic (exact) mass is 565 g/mol. The maximum Gasteiger partial charge on any atom is 0.275 e. The van der Waals surface area contributed by atoms with Crippen LogP contribution in [0.15, 0.2) is 125 Å². The maximum absolute atomic E-state index is 14.5. The van der Waals surface area contributed by atoms with Gasteiger partial charge in [0.2, 0.25) is 0 Å². The van der Waals surface area contributed by atoms with E-state index >= 15 is 0 Å². The van der Waals surface area contributed by atoms with Crippen LogP contribution in [-0.2, 0) is 7.05 Å². The Bertz CT molecular complexity index is 2200. The van der Waals surface area contributed by atoms with Crippen LogP contribution in [0.2, 0.25) is 0 Å². The summed E-state index contributed by atoms with van der Waals surface area (Å²) in [6, 6.07) is 37.5. The second-order valence-corrected chi connectivity index (χ2v) is 10.9. The Morgan fingerprint density at radius 3 is 1.91 bits per heavy atom. The predicted molar refractivity (Wildman–Crippen MR) is 172 cm³/mol. The third-order valence-electron chi connectivity index (χ3n) is 8.34. The highest BCUT2D eigenvalue weighted by Gasteiger charge is 2.35. The Morgan fingerprint density at radius 1 is 0.651 bits per heavy atom. The van der Waals surface area contributed by atoms with Crippen molar-refractivity contribution in [2.45, 2.75) is 19.8 Å². The highest BCUT2D eigenvalue weighted by Crippen LogP contribution is 2.43. The van der Waals surface area contributed by atoms with Gasteiger partial charge in [-0.25, -0.2) is 9.36 Å². The molecule has 1 unspecified atom stereocenters. The first-order chi connectivity index (χ1) is 21.0. The van der Waals surface area contributed by atoms with Gasteiger partial charge < -0.3 is 4.98 Å². The lowest BCUT2D eigenvalue weighted by molar-refractivity contribution is 0.608. The van der Waals surface area contributed by atoms with E-state index in [-0.39, 0.29) is 11.1 Å². The molecule has 0 bridgehead atoms. The van der Waals surface area contributed by atoms with Gasteiger partial charge in [0.25, 0.3) is 11.1 Å². The van der Waals surface area contributed by atoms with E-state index in [0.29, 0.717) is 11.1 Å². The number of fused-ring (bicyclic) bond motifs is 1. The number of hydrogen-bond acceptors (Lipinski definition) is 2. The van der Waals surface area contributed by atoms with Crippen LogP contribution in [0.25, 0.3) is 33.5 Å². The van der Waals surface area contributed by atoms with Gasteiger partial charge in [0, 0.05) is 29.2 Å². The van der Waals surface area contributed by atoms with E-state index in [4.69, 9.17) is 0 Å². The van der Waals surface area contributed by atoms with Crippen molar-refractivity contribution < 1.29 is 0 Å². The SMILES string of the molecule is Cc1[nH]n(-c2ccccc2)c(=O)c1C(c1c(-c2ccccc2)[nH]c2ccccc12)c1c(C)c(=O)n(-c2ccccc2)n1C. The minimum absolute atomic E-state index is 0.119. The molecule has 43 heavy (non-hydrogen) atoms. The lowest BCUT2D eigenvalue weighted by Crippen LogP contribution is -2.23. The Balaban J connectivity index is 1.61. The molecule has 7 heteroatoms. The summed E-state index contributed by atoms with van der Waals surface area (Å²) in [7, 11) is 1.90. The summed E-state index contributed by atoms with van der Waals surface area (Å²) < 4.78 is 5.19. The quantitative estimate of drug-likeness (QED) is 0.238. The molecule has 212 valence electrons. The van der Waals surface area contributed by atoms with Gasteiger partial charge in [-0.05, 0) is 55.3 Å². The van der Waals surface area contributed by atoms with Crippen LogP contribution in [0.3, 0.4) is 0 Å². The molecule has 0 spiro atoms. The summed E-state index contributed by atoms with van der Waals surface area (Å²) in [4.78, 5) is 32.1. The third-order valence-corrected chi connectivity index (χ3v) is 8.34. The minimum atomic E-state index is -0.567. The summed E-state index contributed by atoms with van der Waals surface area (Å²) in [6.45, 7) is 3.79. The zero-order chi connectivity index (χ0) is 29.7. The normalized spacial score (nSPS) is 12.2. The molecule has 0 saturated heterocycles. The van der Waals surface area contributed by atoms with E-state index in [1.165, 1.54) is 0 Å². The largest absolute Gasteiger partial charge is 0.354 e. The number of nitrogens with one attached hydrogen (secondary N) is 2. The van der Waals surface area contributed by atoms with Crippen LogP contribution < -0.4 is 11.1 Å². The summed E-state index contributed by atoms with van der Waals surface area (Å²) in [5.74, 6) is -0.567. The first-order valence-corrected chi connectivity index (χ1v) is 14.3. The molecule has 1 atom stereocenters. The van der Waals surface area contributed by atoms with Gasteiger partial charge >= 0.3 is 0 Å². The fraction of sp³-hybridized carbons (Fsp3) is 0.111. The van der Waals surface area contributed by atoms with E-state index in [2.05, 4.69) is 34.3 Å². The van der Waals surface area contributed by atoms with Crippen molar-refractivity contribution in [2.75, 3.05) is 0 Å². The fourth-order valence-electron chi connectivity index (χ4n) is 6.39. The van der Waals surface area contributed by atoms with Crippen LogP contribution in [0.4, 0.5) is 0 Å². The molecule has 4 aromatic carbocycles. The van der Waals surface area contributed by atoms with Crippen molar-refractivity contribution >= 4 is 10.9 Å². The fourth-order valence-corrected chi connectivity index (χ4v) is 6.39. The average molecular weight is 566 g/mol. The van der Waals surface area contributed by atoms with E-state index < -0.39 is 5.92 Å². The molecule has 0 amide bonds. The third kappa shape index (κ3) is 4.20. The van der Waals surface area contributed by atoms with Crippen molar-refractivity contribution in [1.29, 1.82) is 0 Å². The molecule has 2 N–H and O–H groups in total. The Hall–Kier alpha value is -5.56. The molecule has 0 aliphatic heterocycles. The molecule has 0 radical (unpaired) electrons. The van der Waals surface area contributed by atoms with Crippen molar-refractivity contribution in [2.24, 2.45) is 7.05 Å². The first-order valence-electron chi connectivity index (χ1n) is 14.3. The zero-order valence-corrected chi connectivity index (χ0v) is 24.2. The smallest absolute Gasteiger partial charge is 0.275 e. The van der Waals surface area contributed by atoms with Crippen LogP contribution in [-0.4, -0.2) is 24.1 Å². The summed E-state index contributed by atoms with van der Waals surface area (Å²) in [6.07, 6.45) is 0. The van der Waals surface area contributed by atoms with Crippen LogP contribution in [0, 0.1) is 13.8 Å². The molecule has 0 saturated carbocycles. The number of benzene rings is 4. The van der Waals surface area contributed by atoms with Gasteiger partial charge in [0.1, 0.15) is 0 Å². The van der Waals surface area contributed by atoms with Crippen LogP contribution in [0.1, 0.15) is 34.0 Å². The number of nitrogens with zero attached hydrogens (tertiary/aromatic N) is 3. The Morgan fingerprint density at radius 2 is 1.23 bits per heavy atom. The first kappa shape index (κ1) is 26.3. The van der Waals surface area contributed by atoms with Gasteiger partial charge in [-0.15, -0.1) is 0 Å². The van der Waals surface area contributed by atoms with Gasteiger partial charge in [0.15, 0.2) is 0 Å². The second-order valence-electron chi connectivity index (χ2n) is 10.9. The molecule has 7 aromatic rings. The van der Waals surface area contributed by atoms with Gasteiger partial charge in [-0.2, -0.15) is 0 Å². The number of hydrogen-bond donors (Lipinski definition) is 2. The van der Waals surface area contributed by atoms with Gasteiger partial charge in [-0.1, -0.05) is 84.9 Å².